The minimum absolute atomic E-state index is 0.404. The molecule has 3 nitrogen and oxygen atoms in total. The van der Waals surface area contributed by atoms with Crippen LogP contribution in [0.2, 0.25) is 10.0 Å². The molecule has 1 N–H and O–H groups in total. The Morgan fingerprint density at radius 2 is 2.16 bits per heavy atom. The highest BCUT2D eigenvalue weighted by atomic mass is 35.5. The Hall–Kier alpha value is -0.770. The first-order chi connectivity index (χ1) is 8.97. The Labute approximate surface area is 123 Å². The number of carboxylic acid groups (broad SMARTS) is 1. The van der Waals surface area contributed by atoms with Crippen LogP contribution in [0.3, 0.4) is 0 Å². The molecule has 19 heavy (non-hydrogen) atoms. The van der Waals surface area contributed by atoms with Crippen molar-refractivity contribution in [2.75, 3.05) is 6.54 Å². The Morgan fingerprint density at radius 1 is 1.42 bits per heavy atom. The molecule has 0 radical (unpaired) electrons. The molecular formula is C14H17Cl2NO2. The monoisotopic (exact) mass is 301 g/mol. The highest BCUT2D eigenvalue weighted by Gasteiger charge is 2.31. The van der Waals surface area contributed by atoms with E-state index in [1.807, 2.05) is 11.0 Å². The number of likely N-dealkylation sites (tertiary alicyclic amines) is 1. The van der Waals surface area contributed by atoms with Crippen LogP contribution in [0.4, 0.5) is 0 Å². The molecule has 0 spiro atoms. The van der Waals surface area contributed by atoms with E-state index in [0.29, 0.717) is 28.9 Å². The molecule has 0 amide bonds. The molecule has 5 heteroatoms. The lowest BCUT2D eigenvalue weighted by Crippen LogP contribution is -2.46. The van der Waals surface area contributed by atoms with Crippen LogP contribution in [-0.2, 0) is 11.3 Å². The van der Waals surface area contributed by atoms with Crippen molar-refractivity contribution in [2.24, 2.45) is 5.92 Å². The lowest BCUT2D eigenvalue weighted by atomic mass is 9.92. The highest BCUT2D eigenvalue weighted by Crippen LogP contribution is 2.27. The van der Waals surface area contributed by atoms with Crippen molar-refractivity contribution in [3.8, 4) is 0 Å². The third-order valence-corrected chi connectivity index (χ3v) is 4.37. The SMILES string of the molecule is CC1CCN(Cc2ccc(Cl)c(Cl)c2)C(C(=O)O)C1. The average molecular weight is 302 g/mol. The van der Waals surface area contributed by atoms with Crippen LogP contribution in [0, 0.1) is 5.92 Å². The third-order valence-electron chi connectivity index (χ3n) is 3.63. The van der Waals surface area contributed by atoms with Crippen molar-refractivity contribution in [2.45, 2.75) is 32.4 Å². The van der Waals surface area contributed by atoms with E-state index in [9.17, 15) is 9.90 Å². The minimum atomic E-state index is -0.744. The topological polar surface area (TPSA) is 40.5 Å². The van der Waals surface area contributed by atoms with Crippen LogP contribution in [0.5, 0.6) is 0 Å². The van der Waals surface area contributed by atoms with Crippen molar-refractivity contribution < 1.29 is 9.90 Å². The van der Waals surface area contributed by atoms with Gasteiger partial charge in [0.15, 0.2) is 0 Å². The summed E-state index contributed by atoms with van der Waals surface area (Å²) in [5.41, 5.74) is 0.996. The average Bonchev–Trinajstić information content (AvgIpc) is 2.36. The molecular weight excluding hydrogens is 285 g/mol. The van der Waals surface area contributed by atoms with Gasteiger partial charge in [-0.05, 0) is 43.0 Å². The van der Waals surface area contributed by atoms with E-state index in [-0.39, 0.29) is 0 Å². The number of benzene rings is 1. The predicted octanol–water partition coefficient (Wildman–Crippen LogP) is 3.68. The lowest BCUT2D eigenvalue weighted by Gasteiger charge is -2.36. The summed E-state index contributed by atoms with van der Waals surface area (Å²) >= 11 is 11.9. The van der Waals surface area contributed by atoms with Gasteiger partial charge < -0.3 is 5.11 Å². The maximum absolute atomic E-state index is 11.3. The Bertz CT molecular complexity index is 479. The van der Waals surface area contributed by atoms with Crippen molar-refractivity contribution >= 4 is 29.2 Å². The van der Waals surface area contributed by atoms with Gasteiger partial charge in [0.1, 0.15) is 6.04 Å². The molecule has 1 fully saturated rings. The molecule has 2 rings (SSSR count). The maximum atomic E-state index is 11.3. The van der Waals surface area contributed by atoms with E-state index in [1.165, 1.54) is 0 Å². The first kappa shape index (κ1) is 14.6. The van der Waals surface area contributed by atoms with Crippen LogP contribution >= 0.6 is 23.2 Å². The Kier molecular flexibility index (Phi) is 4.71. The number of nitrogens with zero attached hydrogens (tertiary/aromatic N) is 1. The summed E-state index contributed by atoms with van der Waals surface area (Å²) in [4.78, 5) is 13.3. The number of piperidine rings is 1. The second-order valence-electron chi connectivity index (χ2n) is 5.20. The number of rotatable bonds is 3. The molecule has 1 saturated heterocycles. The number of hydrogen-bond donors (Lipinski definition) is 1. The minimum Gasteiger partial charge on any atom is -0.480 e. The highest BCUT2D eigenvalue weighted by molar-refractivity contribution is 6.42. The largest absolute Gasteiger partial charge is 0.480 e. The lowest BCUT2D eigenvalue weighted by molar-refractivity contribution is -0.145. The van der Waals surface area contributed by atoms with Crippen molar-refractivity contribution in [3.63, 3.8) is 0 Å². The molecule has 0 bridgehead atoms. The summed E-state index contributed by atoms with van der Waals surface area (Å²) in [6, 6.07) is 5.05. The van der Waals surface area contributed by atoms with Crippen molar-refractivity contribution in [3.05, 3.63) is 33.8 Å². The number of carbonyl (C=O) groups is 1. The molecule has 0 aromatic heterocycles. The van der Waals surface area contributed by atoms with Gasteiger partial charge in [-0.2, -0.15) is 0 Å². The molecule has 104 valence electrons. The van der Waals surface area contributed by atoms with Gasteiger partial charge in [-0.15, -0.1) is 0 Å². The van der Waals surface area contributed by atoms with Crippen LogP contribution in [0.15, 0.2) is 18.2 Å². The van der Waals surface area contributed by atoms with E-state index in [2.05, 4.69) is 6.92 Å². The molecule has 1 heterocycles. The quantitative estimate of drug-likeness (QED) is 0.926. The van der Waals surface area contributed by atoms with Crippen molar-refractivity contribution in [1.29, 1.82) is 0 Å². The van der Waals surface area contributed by atoms with Gasteiger partial charge in [-0.1, -0.05) is 36.2 Å². The van der Waals surface area contributed by atoms with Gasteiger partial charge in [-0.25, -0.2) is 0 Å². The zero-order valence-corrected chi connectivity index (χ0v) is 12.3. The summed E-state index contributed by atoms with van der Waals surface area (Å²) in [6.07, 6.45) is 1.74. The number of hydrogen-bond acceptors (Lipinski definition) is 2. The zero-order chi connectivity index (χ0) is 14.0. The fraction of sp³-hybridized carbons (Fsp3) is 0.500. The fourth-order valence-corrected chi connectivity index (χ4v) is 2.83. The second kappa shape index (κ2) is 6.12. The van der Waals surface area contributed by atoms with E-state index >= 15 is 0 Å². The standard InChI is InChI=1S/C14H17Cl2NO2/c1-9-4-5-17(13(6-9)14(18)19)8-10-2-3-11(15)12(16)7-10/h2-3,7,9,13H,4-6,8H2,1H3,(H,18,19). The van der Waals surface area contributed by atoms with Gasteiger partial charge in [0.25, 0.3) is 0 Å². The third kappa shape index (κ3) is 3.62. The van der Waals surface area contributed by atoms with Gasteiger partial charge in [0, 0.05) is 6.54 Å². The summed E-state index contributed by atoms with van der Waals surface area (Å²) in [5.74, 6) is -0.280. The maximum Gasteiger partial charge on any atom is 0.320 e. The zero-order valence-electron chi connectivity index (χ0n) is 10.8. The molecule has 2 unspecified atom stereocenters. The van der Waals surface area contributed by atoms with E-state index in [0.717, 1.165) is 18.5 Å². The van der Waals surface area contributed by atoms with Crippen molar-refractivity contribution in [1.82, 2.24) is 4.90 Å². The van der Waals surface area contributed by atoms with E-state index < -0.39 is 12.0 Å². The summed E-state index contributed by atoms with van der Waals surface area (Å²) in [6.45, 7) is 3.51. The summed E-state index contributed by atoms with van der Waals surface area (Å²) < 4.78 is 0. The van der Waals surface area contributed by atoms with Gasteiger partial charge >= 0.3 is 5.97 Å². The van der Waals surface area contributed by atoms with Gasteiger partial charge in [0.2, 0.25) is 0 Å². The number of carboxylic acids is 1. The van der Waals surface area contributed by atoms with E-state index in [4.69, 9.17) is 23.2 Å². The van der Waals surface area contributed by atoms with Gasteiger partial charge in [-0.3, -0.25) is 9.69 Å². The Morgan fingerprint density at radius 3 is 2.79 bits per heavy atom. The summed E-state index contributed by atoms with van der Waals surface area (Å²) in [5, 5.41) is 10.3. The first-order valence-electron chi connectivity index (χ1n) is 6.38. The normalized spacial score (nSPS) is 24.4. The van der Waals surface area contributed by atoms with Crippen LogP contribution in [0.25, 0.3) is 0 Å². The second-order valence-corrected chi connectivity index (χ2v) is 6.02. The van der Waals surface area contributed by atoms with E-state index in [1.54, 1.807) is 12.1 Å². The number of halogens is 2. The smallest absolute Gasteiger partial charge is 0.320 e. The molecule has 0 saturated carbocycles. The van der Waals surface area contributed by atoms with Crippen LogP contribution < -0.4 is 0 Å². The van der Waals surface area contributed by atoms with Crippen LogP contribution in [-0.4, -0.2) is 28.6 Å². The molecule has 1 aliphatic heterocycles. The molecule has 1 aromatic rings. The molecule has 1 aromatic carbocycles. The molecule has 1 aliphatic rings. The first-order valence-corrected chi connectivity index (χ1v) is 7.13. The van der Waals surface area contributed by atoms with Gasteiger partial charge in [0.05, 0.1) is 10.0 Å². The fourth-order valence-electron chi connectivity index (χ4n) is 2.51. The van der Waals surface area contributed by atoms with Crippen LogP contribution in [0.1, 0.15) is 25.3 Å². The molecule has 0 aliphatic carbocycles. The summed E-state index contributed by atoms with van der Waals surface area (Å²) in [7, 11) is 0. The number of aliphatic carboxylic acids is 1. The predicted molar refractivity (Wildman–Crippen MR) is 76.7 cm³/mol. The molecule has 2 atom stereocenters. The Balaban J connectivity index is 2.11.